The van der Waals surface area contributed by atoms with Crippen LogP contribution in [0, 0.1) is 0 Å². The number of carbonyl (C=O) groups excluding carboxylic acids is 1. The number of aliphatic carboxylic acids is 1. The van der Waals surface area contributed by atoms with E-state index in [0.717, 1.165) is 16.5 Å². The summed E-state index contributed by atoms with van der Waals surface area (Å²) in [5.41, 5.74) is -0.131. The minimum absolute atomic E-state index is 0.350. The fourth-order valence-electron chi connectivity index (χ4n) is 2.00. The van der Waals surface area contributed by atoms with Gasteiger partial charge >= 0.3 is 12.0 Å². The number of carbonyl (C=O) groups is 2. The lowest BCUT2D eigenvalue weighted by Crippen LogP contribution is -2.61. The third-order valence-corrected chi connectivity index (χ3v) is 4.14. The Bertz CT molecular complexity index is 500. The summed E-state index contributed by atoms with van der Waals surface area (Å²) in [6, 6.07) is 7.10. The predicted molar refractivity (Wildman–Crippen MR) is 73.7 cm³/mol. The standard InChI is InChI=1S/C13H15BrN2O3/c14-10-5-2-1-4-9(10)8-15-12(19)16-13(11(17)18)6-3-7-13/h1-2,4-5H,3,6-8H2,(H,17,18)(H2,15,16,19). The third-order valence-electron chi connectivity index (χ3n) is 3.37. The van der Waals surface area contributed by atoms with Crippen molar-refractivity contribution in [3.8, 4) is 0 Å². The maximum absolute atomic E-state index is 11.7. The molecular formula is C13H15BrN2O3. The molecule has 0 bridgehead atoms. The van der Waals surface area contributed by atoms with Crippen LogP contribution in [0.2, 0.25) is 0 Å². The molecule has 1 saturated carbocycles. The van der Waals surface area contributed by atoms with Gasteiger partial charge in [0.05, 0.1) is 0 Å². The molecule has 19 heavy (non-hydrogen) atoms. The molecular weight excluding hydrogens is 312 g/mol. The quantitative estimate of drug-likeness (QED) is 0.794. The number of nitrogens with one attached hydrogen (secondary N) is 2. The van der Waals surface area contributed by atoms with E-state index in [0.29, 0.717) is 19.4 Å². The van der Waals surface area contributed by atoms with Crippen LogP contribution in [0.3, 0.4) is 0 Å². The van der Waals surface area contributed by atoms with Crippen LogP contribution in [0.15, 0.2) is 28.7 Å². The smallest absolute Gasteiger partial charge is 0.329 e. The van der Waals surface area contributed by atoms with E-state index in [2.05, 4.69) is 26.6 Å². The molecule has 0 aliphatic heterocycles. The van der Waals surface area contributed by atoms with E-state index in [-0.39, 0.29) is 0 Å². The zero-order valence-electron chi connectivity index (χ0n) is 10.3. The van der Waals surface area contributed by atoms with E-state index in [1.54, 1.807) is 0 Å². The Morgan fingerprint density at radius 1 is 1.32 bits per heavy atom. The minimum Gasteiger partial charge on any atom is -0.480 e. The maximum atomic E-state index is 11.7. The number of hydrogen-bond acceptors (Lipinski definition) is 2. The molecule has 6 heteroatoms. The fraction of sp³-hybridized carbons (Fsp3) is 0.385. The van der Waals surface area contributed by atoms with Crippen LogP contribution < -0.4 is 10.6 Å². The first-order valence-corrected chi connectivity index (χ1v) is 6.86. The Hall–Kier alpha value is -1.56. The van der Waals surface area contributed by atoms with E-state index in [1.165, 1.54) is 0 Å². The number of benzene rings is 1. The van der Waals surface area contributed by atoms with Gasteiger partial charge in [-0.1, -0.05) is 34.1 Å². The van der Waals surface area contributed by atoms with Crippen molar-refractivity contribution in [3.05, 3.63) is 34.3 Å². The topological polar surface area (TPSA) is 78.4 Å². The minimum atomic E-state index is -1.07. The lowest BCUT2D eigenvalue weighted by Gasteiger charge is -2.38. The highest BCUT2D eigenvalue weighted by molar-refractivity contribution is 9.10. The van der Waals surface area contributed by atoms with Crippen molar-refractivity contribution in [1.29, 1.82) is 0 Å². The molecule has 1 aliphatic rings. The summed E-state index contributed by atoms with van der Waals surface area (Å²) in [4.78, 5) is 22.9. The molecule has 0 radical (unpaired) electrons. The summed E-state index contributed by atoms with van der Waals surface area (Å²) >= 11 is 3.39. The van der Waals surface area contributed by atoms with Gasteiger partial charge in [0.25, 0.3) is 0 Å². The molecule has 1 fully saturated rings. The van der Waals surface area contributed by atoms with Gasteiger partial charge in [-0.15, -0.1) is 0 Å². The van der Waals surface area contributed by atoms with Crippen LogP contribution in [0.25, 0.3) is 0 Å². The van der Waals surface area contributed by atoms with Crippen LogP contribution in [0.4, 0.5) is 4.79 Å². The van der Waals surface area contributed by atoms with Crippen LogP contribution in [0.5, 0.6) is 0 Å². The SMILES string of the molecule is O=C(NCc1ccccc1Br)NC1(C(=O)O)CCC1. The molecule has 1 aromatic carbocycles. The lowest BCUT2D eigenvalue weighted by molar-refractivity contribution is -0.148. The fourth-order valence-corrected chi connectivity index (χ4v) is 2.43. The van der Waals surface area contributed by atoms with Crippen LogP contribution in [-0.4, -0.2) is 22.6 Å². The number of rotatable bonds is 4. The van der Waals surface area contributed by atoms with Crippen molar-refractivity contribution in [2.75, 3.05) is 0 Å². The Labute approximate surface area is 119 Å². The molecule has 0 aromatic heterocycles. The Balaban J connectivity index is 1.89. The number of carboxylic acid groups (broad SMARTS) is 1. The monoisotopic (exact) mass is 326 g/mol. The number of urea groups is 1. The molecule has 1 aromatic rings. The lowest BCUT2D eigenvalue weighted by atomic mass is 9.77. The molecule has 102 valence electrons. The van der Waals surface area contributed by atoms with Crippen molar-refractivity contribution in [3.63, 3.8) is 0 Å². The largest absolute Gasteiger partial charge is 0.480 e. The van der Waals surface area contributed by atoms with Gasteiger partial charge in [-0.25, -0.2) is 9.59 Å². The van der Waals surface area contributed by atoms with Gasteiger partial charge in [0.15, 0.2) is 0 Å². The molecule has 5 nitrogen and oxygen atoms in total. The molecule has 0 saturated heterocycles. The Kier molecular flexibility index (Phi) is 4.09. The van der Waals surface area contributed by atoms with Gasteiger partial charge in [-0.2, -0.15) is 0 Å². The van der Waals surface area contributed by atoms with E-state index in [9.17, 15) is 9.59 Å². The summed E-state index contributed by atoms with van der Waals surface area (Å²) in [5.74, 6) is -0.963. The van der Waals surface area contributed by atoms with Crippen LogP contribution in [0.1, 0.15) is 24.8 Å². The maximum Gasteiger partial charge on any atom is 0.329 e. The van der Waals surface area contributed by atoms with E-state index < -0.39 is 17.5 Å². The van der Waals surface area contributed by atoms with Crippen molar-refractivity contribution in [2.24, 2.45) is 0 Å². The van der Waals surface area contributed by atoms with Crippen molar-refractivity contribution < 1.29 is 14.7 Å². The first-order valence-electron chi connectivity index (χ1n) is 6.06. The molecule has 2 rings (SSSR count). The van der Waals surface area contributed by atoms with Gasteiger partial charge in [0.2, 0.25) is 0 Å². The van der Waals surface area contributed by atoms with Gasteiger partial charge < -0.3 is 15.7 Å². The molecule has 1 aliphatic carbocycles. The Morgan fingerprint density at radius 3 is 2.53 bits per heavy atom. The van der Waals surface area contributed by atoms with E-state index >= 15 is 0 Å². The number of halogens is 1. The summed E-state index contributed by atoms with van der Waals surface area (Å²) in [6.45, 7) is 0.350. The second-order valence-electron chi connectivity index (χ2n) is 4.64. The van der Waals surface area contributed by atoms with Crippen molar-refractivity contribution in [1.82, 2.24) is 10.6 Å². The molecule has 3 N–H and O–H groups in total. The zero-order chi connectivity index (χ0) is 13.9. The molecule has 0 spiro atoms. The zero-order valence-corrected chi connectivity index (χ0v) is 11.9. The number of amides is 2. The normalized spacial score (nSPS) is 16.3. The average molecular weight is 327 g/mol. The Morgan fingerprint density at radius 2 is 2.00 bits per heavy atom. The predicted octanol–water partition coefficient (Wildman–Crippen LogP) is 2.26. The first kappa shape index (κ1) is 13.9. The van der Waals surface area contributed by atoms with Gasteiger partial charge in [-0.05, 0) is 30.9 Å². The van der Waals surface area contributed by atoms with Crippen LogP contribution >= 0.6 is 15.9 Å². The molecule has 2 amide bonds. The summed E-state index contributed by atoms with van der Waals surface area (Å²) in [5, 5.41) is 14.3. The van der Waals surface area contributed by atoms with E-state index in [1.807, 2.05) is 24.3 Å². The molecule has 0 heterocycles. The molecule has 0 atom stereocenters. The number of carboxylic acids is 1. The van der Waals surface area contributed by atoms with Gasteiger partial charge in [-0.3, -0.25) is 0 Å². The highest BCUT2D eigenvalue weighted by Gasteiger charge is 2.45. The summed E-state index contributed by atoms with van der Waals surface area (Å²) < 4.78 is 0.909. The highest BCUT2D eigenvalue weighted by Crippen LogP contribution is 2.31. The van der Waals surface area contributed by atoms with Gasteiger partial charge in [0.1, 0.15) is 5.54 Å². The van der Waals surface area contributed by atoms with Gasteiger partial charge in [0, 0.05) is 11.0 Å². The summed E-state index contributed by atoms with van der Waals surface area (Å²) in [7, 11) is 0. The second-order valence-corrected chi connectivity index (χ2v) is 5.49. The first-order chi connectivity index (χ1) is 9.03. The average Bonchev–Trinajstić information content (AvgIpc) is 2.32. The van der Waals surface area contributed by atoms with Crippen LogP contribution in [-0.2, 0) is 11.3 Å². The summed E-state index contributed by atoms with van der Waals surface area (Å²) in [6.07, 6.45) is 1.81. The second kappa shape index (κ2) is 5.61. The van der Waals surface area contributed by atoms with Crippen molar-refractivity contribution >= 4 is 27.9 Å². The van der Waals surface area contributed by atoms with Crippen molar-refractivity contribution in [2.45, 2.75) is 31.3 Å². The highest BCUT2D eigenvalue weighted by atomic mass is 79.9. The van der Waals surface area contributed by atoms with E-state index in [4.69, 9.17) is 5.11 Å². The third kappa shape index (κ3) is 3.07. The molecule has 0 unspecified atom stereocenters. The number of hydrogen-bond donors (Lipinski definition) is 3.